The Morgan fingerprint density at radius 1 is 1.26 bits per heavy atom. The zero-order chi connectivity index (χ0) is 14.0. The molecular formula is C13H15ClFN3O. The minimum atomic E-state index is -0.349. The molecule has 2 aromatic rings. The number of rotatable bonds is 4. The zero-order valence-electron chi connectivity index (χ0n) is 11.0. The van der Waals surface area contributed by atoms with E-state index in [1.165, 1.54) is 6.07 Å². The van der Waals surface area contributed by atoms with E-state index in [0.717, 1.165) is 0 Å². The fraction of sp³-hybridized carbons (Fsp3) is 0.385. The lowest BCUT2D eigenvalue weighted by Crippen LogP contribution is -2.22. The van der Waals surface area contributed by atoms with Gasteiger partial charge in [-0.2, -0.15) is 0 Å². The van der Waals surface area contributed by atoms with Gasteiger partial charge in [0.15, 0.2) is 0 Å². The van der Waals surface area contributed by atoms with E-state index in [1.54, 1.807) is 37.1 Å². The highest BCUT2D eigenvalue weighted by Crippen LogP contribution is 2.28. The molecule has 0 saturated carbocycles. The van der Waals surface area contributed by atoms with E-state index in [2.05, 4.69) is 10.2 Å². The lowest BCUT2D eigenvalue weighted by Gasteiger charge is -2.23. The van der Waals surface area contributed by atoms with Gasteiger partial charge in [-0.3, -0.25) is 0 Å². The third-order valence-electron chi connectivity index (χ3n) is 3.01. The van der Waals surface area contributed by atoms with Crippen LogP contribution in [0.5, 0.6) is 0 Å². The second-order valence-electron chi connectivity index (χ2n) is 4.35. The average Bonchev–Trinajstić information content (AvgIpc) is 2.87. The molecule has 19 heavy (non-hydrogen) atoms. The van der Waals surface area contributed by atoms with Gasteiger partial charge in [0.1, 0.15) is 11.2 Å². The molecule has 0 radical (unpaired) electrons. The van der Waals surface area contributed by atoms with Crippen molar-refractivity contribution in [2.45, 2.75) is 25.3 Å². The Bertz CT molecular complexity index is 558. The van der Waals surface area contributed by atoms with Crippen molar-refractivity contribution in [2.24, 2.45) is 0 Å². The first-order valence-electron chi connectivity index (χ1n) is 5.95. The summed E-state index contributed by atoms with van der Waals surface area (Å²) in [7, 11) is 1.77. The van der Waals surface area contributed by atoms with Gasteiger partial charge in [-0.15, -0.1) is 16.7 Å². The molecule has 0 aliphatic heterocycles. The van der Waals surface area contributed by atoms with Crippen molar-refractivity contribution in [2.75, 3.05) is 11.9 Å². The second kappa shape index (κ2) is 5.57. The number of nitrogens with zero attached hydrogens (tertiary/aromatic N) is 3. The highest BCUT2D eigenvalue weighted by Gasteiger charge is 2.21. The smallest absolute Gasteiger partial charge is 0.318 e. The number of halogens is 2. The van der Waals surface area contributed by atoms with E-state index in [4.69, 9.17) is 16.0 Å². The summed E-state index contributed by atoms with van der Waals surface area (Å²) in [5.41, 5.74) is 0.573. The maximum Gasteiger partial charge on any atom is 0.318 e. The van der Waals surface area contributed by atoms with Gasteiger partial charge in [-0.25, -0.2) is 4.39 Å². The second-order valence-corrected chi connectivity index (χ2v) is 5.00. The number of hydrogen-bond donors (Lipinski definition) is 0. The first-order valence-corrected chi connectivity index (χ1v) is 6.39. The van der Waals surface area contributed by atoms with Crippen molar-refractivity contribution in [3.63, 3.8) is 0 Å². The Hall–Kier alpha value is -1.62. The summed E-state index contributed by atoms with van der Waals surface area (Å²) in [6.07, 6.45) is 0. The van der Waals surface area contributed by atoms with Crippen LogP contribution in [0.3, 0.4) is 0 Å². The predicted octanol–water partition coefficient (Wildman–Crippen LogP) is 3.71. The van der Waals surface area contributed by atoms with Crippen LogP contribution in [-0.4, -0.2) is 17.2 Å². The fourth-order valence-corrected chi connectivity index (χ4v) is 1.81. The molecule has 0 N–H and O–H groups in total. The van der Waals surface area contributed by atoms with Crippen LogP contribution >= 0.6 is 11.6 Å². The number of alkyl halides is 1. The molecule has 102 valence electrons. The number of aromatic nitrogens is 2. The molecule has 2 rings (SSSR count). The van der Waals surface area contributed by atoms with Crippen LogP contribution in [-0.2, 0) is 0 Å². The van der Waals surface area contributed by atoms with Crippen LogP contribution in [0, 0.1) is 5.82 Å². The third kappa shape index (κ3) is 2.87. The molecule has 1 aromatic carbocycles. The molecule has 1 aromatic heterocycles. The molecular weight excluding hydrogens is 269 g/mol. The summed E-state index contributed by atoms with van der Waals surface area (Å²) in [6, 6.07) is 6.71. The molecule has 0 amide bonds. The monoisotopic (exact) mass is 283 g/mol. The van der Waals surface area contributed by atoms with Gasteiger partial charge >= 0.3 is 6.01 Å². The molecule has 1 heterocycles. The minimum Gasteiger partial charge on any atom is -0.406 e. The summed E-state index contributed by atoms with van der Waals surface area (Å²) < 4.78 is 19.2. The number of anilines is 1. The molecule has 6 heteroatoms. The highest BCUT2D eigenvalue weighted by atomic mass is 35.5. The number of hydrogen-bond acceptors (Lipinski definition) is 4. The summed E-state index contributed by atoms with van der Waals surface area (Å²) in [6.45, 7) is 3.62. The molecule has 0 aliphatic carbocycles. The van der Waals surface area contributed by atoms with Gasteiger partial charge in [0, 0.05) is 12.6 Å². The summed E-state index contributed by atoms with van der Waals surface area (Å²) in [5, 5.41) is 7.42. The zero-order valence-corrected chi connectivity index (χ0v) is 11.7. The van der Waals surface area contributed by atoms with Gasteiger partial charge in [0.05, 0.1) is 6.04 Å². The first kappa shape index (κ1) is 13.8. The van der Waals surface area contributed by atoms with Crippen LogP contribution in [0.4, 0.5) is 10.4 Å². The Labute approximate surface area is 116 Å². The van der Waals surface area contributed by atoms with E-state index in [1.807, 2.05) is 6.92 Å². The van der Waals surface area contributed by atoms with Crippen molar-refractivity contribution in [3.8, 4) is 0 Å². The summed E-state index contributed by atoms with van der Waals surface area (Å²) in [4.78, 5) is 1.72. The molecule has 0 saturated heterocycles. The standard InChI is InChI=1S/C13H15ClFN3O/c1-8(14)12-16-17-13(19-12)18(3)9(2)10-6-4-5-7-11(10)15/h4-9H,1-3H3. The van der Waals surface area contributed by atoms with Crippen molar-refractivity contribution in [1.82, 2.24) is 10.2 Å². The van der Waals surface area contributed by atoms with Crippen LogP contribution < -0.4 is 4.90 Å². The van der Waals surface area contributed by atoms with E-state index in [0.29, 0.717) is 17.5 Å². The van der Waals surface area contributed by atoms with Crippen molar-refractivity contribution in [3.05, 3.63) is 41.5 Å². The van der Waals surface area contributed by atoms with E-state index in [9.17, 15) is 4.39 Å². The lowest BCUT2D eigenvalue weighted by atomic mass is 10.1. The largest absolute Gasteiger partial charge is 0.406 e. The normalized spacial score (nSPS) is 14.2. The van der Waals surface area contributed by atoms with Gasteiger partial charge in [0.2, 0.25) is 5.89 Å². The van der Waals surface area contributed by atoms with Crippen LogP contribution in [0.15, 0.2) is 28.7 Å². The maximum absolute atomic E-state index is 13.7. The SMILES string of the molecule is CC(Cl)c1nnc(N(C)C(C)c2ccccc2F)o1. The summed E-state index contributed by atoms with van der Waals surface area (Å²) >= 11 is 5.87. The minimum absolute atomic E-state index is 0.222. The Morgan fingerprint density at radius 3 is 2.53 bits per heavy atom. The molecule has 0 fully saturated rings. The molecule has 2 unspecified atom stereocenters. The summed E-state index contributed by atoms with van der Waals surface area (Å²) in [5.74, 6) is 0.0940. The average molecular weight is 284 g/mol. The van der Waals surface area contributed by atoms with Gasteiger partial charge in [-0.1, -0.05) is 23.3 Å². The van der Waals surface area contributed by atoms with Gasteiger partial charge in [0.25, 0.3) is 0 Å². The lowest BCUT2D eigenvalue weighted by molar-refractivity contribution is 0.475. The molecule has 0 spiro atoms. The molecule has 4 nitrogen and oxygen atoms in total. The Kier molecular flexibility index (Phi) is 4.04. The van der Waals surface area contributed by atoms with Gasteiger partial charge in [-0.05, 0) is 19.9 Å². The van der Waals surface area contributed by atoms with Crippen LogP contribution in [0.1, 0.15) is 36.7 Å². The highest BCUT2D eigenvalue weighted by molar-refractivity contribution is 6.20. The Balaban J connectivity index is 2.23. The molecule has 0 bridgehead atoms. The number of benzene rings is 1. The van der Waals surface area contributed by atoms with Gasteiger partial charge < -0.3 is 9.32 Å². The first-order chi connectivity index (χ1) is 9.00. The van der Waals surface area contributed by atoms with E-state index < -0.39 is 0 Å². The van der Waals surface area contributed by atoms with Crippen molar-refractivity contribution in [1.29, 1.82) is 0 Å². The molecule has 2 atom stereocenters. The van der Waals surface area contributed by atoms with Crippen molar-refractivity contribution < 1.29 is 8.81 Å². The maximum atomic E-state index is 13.7. The van der Waals surface area contributed by atoms with Crippen LogP contribution in [0.25, 0.3) is 0 Å². The Morgan fingerprint density at radius 2 is 1.95 bits per heavy atom. The third-order valence-corrected chi connectivity index (χ3v) is 3.19. The predicted molar refractivity (Wildman–Crippen MR) is 71.8 cm³/mol. The quantitative estimate of drug-likeness (QED) is 0.802. The van der Waals surface area contributed by atoms with E-state index >= 15 is 0 Å². The molecule has 0 aliphatic rings. The van der Waals surface area contributed by atoms with Crippen LogP contribution in [0.2, 0.25) is 0 Å². The topological polar surface area (TPSA) is 42.2 Å². The fourth-order valence-electron chi connectivity index (χ4n) is 1.72. The van der Waals surface area contributed by atoms with E-state index in [-0.39, 0.29) is 17.2 Å². The van der Waals surface area contributed by atoms with Crippen molar-refractivity contribution >= 4 is 17.6 Å².